The third kappa shape index (κ3) is 4.55. The molecule has 0 aromatic carbocycles. The quantitative estimate of drug-likeness (QED) is 0.704. The number of halogens is 1. The van der Waals surface area contributed by atoms with Crippen molar-refractivity contribution in [2.24, 2.45) is 0 Å². The van der Waals surface area contributed by atoms with E-state index in [9.17, 15) is 4.79 Å². The number of aromatic nitrogens is 2. The zero-order chi connectivity index (χ0) is 20.6. The first-order valence-electron chi connectivity index (χ1n) is 9.51. The second-order valence-electron chi connectivity index (χ2n) is 8.41. The van der Waals surface area contributed by atoms with Crippen LogP contribution in [-0.2, 0) is 14.2 Å². The van der Waals surface area contributed by atoms with E-state index in [4.69, 9.17) is 30.5 Å². The fourth-order valence-corrected chi connectivity index (χ4v) is 3.61. The molecule has 0 bridgehead atoms. The van der Waals surface area contributed by atoms with E-state index < -0.39 is 11.2 Å². The molecule has 2 aromatic rings. The minimum atomic E-state index is -0.568. The molecule has 2 aliphatic heterocycles. The summed E-state index contributed by atoms with van der Waals surface area (Å²) in [6, 6.07) is 5.37. The molecule has 1 atom stereocenters. The van der Waals surface area contributed by atoms with Crippen LogP contribution < -0.4 is 4.74 Å². The Morgan fingerprint density at radius 1 is 1.41 bits per heavy atom. The second kappa shape index (κ2) is 7.59. The summed E-state index contributed by atoms with van der Waals surface area (Å²) in [6.45, 7) is 7.40. The number of carbonyl (C=O) groups excluding carboxylic acids is 1. The van der Waals surface area contributed by atoms with Crippen LogP contribution in [0.1, 0.15) is 20.8 Å². The van der Waals surface area contributed by atoms with Gasteiger partial charge in [0.2, 0.25) is 5.88 Å². The lowest BCUT2D eigenvalue weighted by Crippen LogP contribution is -2.67. The normalized spacial score (nSPS) is 21.1. The zero-order valence-corrected chi connectivity index (χ0v) is 17.4. The average molecular weight is 422 g/mol. The van der Waals surface area contributed by atoms with Gasteiger partial charge in [-0.3, -0.25) is 4.98 Å². The molecule has 1 amide bonds. The second-order valence-corrected chi connectivity index (χ2v) is 8.80. The Morgan fingerprint density at radius 2 is 2.21 bits per heavy atom. The third-order valence-electron chi connectivity index (χ3n) is 4.64. The predicted molar refractivity (Wildman–Crippen MR) is 106 cm³/mol. The Kier molecular flexibility index (Phi) is 5.27. The molecular weight excluding hydrogens is 398 g/mol. The van der Waals surface area contributed by atoms with E-state index in [1.165, 1.54) is 0 Å². The Labute approximate surface area is 174 Å². The molecule has 2 aromatic heterocycles. The number of fused-ring (bicyclic) bond motifs is 1. The Balaban J connectivity index is 1.49. The van der Waals surface area contributed by atoms with Gasteiger partial charge in [-0.2, -0.15) is 0 Å². The largest absolute Gasteiger partial charge is 0.474 e. The number of carbonyl (C=O) groups is 1. The summed E-state index contributed by atoms with van der Waals surface area (Å²) in [6.07, 6.45) is 0.964. The summed E-state index contributed by atoms with van der Waals surface area (Å²) in [7, 11) is 0. The molecule has 156 valence electrons. The minimum Gasteiger partial charge on any atom is -0.474 e. The maximum absolute atomic E-state index is 12.6. The first-order chi connectivity index (χ1) is 13.7. The molecule has 1 spiro atoms. The van der Waals surface area contributed by atoms with Gasteiger partial charge in [0, 0.05) is 12.3 Å². The first kappa shape index (κ1) is 20.1. The smallest absolute Gasteiger partial charge is 0.410 e. The number of hydrogen-bond acceptors (Lipinski definition) is 7. The van der Waals surface area contributed by atoms with Gasteiger partial charge in [-0.05, 0) is 32.9 Å². The number of nitrogens with zero attached hydrogens (tertiary/aromatic N) is 3. The van der Waals surface area contributed by atoms with E-state index in [-0.39, 0.29) is 18.8 Å². The van der Waals surface area contributed by atoms with Crippen LogP contribution in [0.2, 0.25) is 5.15 Å². The molecule has 4 rings (SSSR count). The van der Waals surface area contributed by atoms with Crippen LogP contribution in [0.5, 0.6) is 5.88 Å². The van der Waals surface area contributed by atoms with Crippen LogP contribution >= 0.6 is 11.6 Å². The maximum atomic E-state index is 12.6. The lowest BCUT2D eigenvalue weighted by Gasteiger charge is -2.50. The van der Waals surface area contributed by atoms with Crippen molar-refractivity contribution in [3.05, 3.63) is 29.5 Å². The van der Waals surface area contributed by atoms with Crippen molar-refractivity contribution >= 4 is 28.6 Å². The Bertz CT molecular complexity index is 913. The molecule has 2 aliphatic rings. The summed E-state index contributed by atoms with van der Waals surface area (Å²) >= 11 is 6.10. The van der Waals surface area contributed by atoms with Crippen molar-refractivity contribution < 1.29 is 23.7 Å². The van der Waals surface area contributed by atoms with Gasteiger partial charge in [-0.1, -0.05) is 11.6 Å². The van der Waals surface area contributed by atoms with Crippen molar-refractivity contribution in [2.75, 3.05) is 32.9 Å². The molecule has 0 radical (unpaired) electrons. The van der Waals surface area contributed by atoms with E-state index in [1.807, 2.05) is 32.9 Å². The van der Waals surface area contributed by atoms with E-state index >= 15 is 0 Å². The predicted octanol–water partition coefficient (Wildman–Crippen LogP) is 3.07. The van der Waals surface area contributed by atoms with Crippen LogP contribution in [0.15, 0.2) is 24.4 Å². The summed E-state index contributed by atoms with van der Waals surface area (Å²) in [5.41, 5.74) is -0.387. The van der Waals surface area contributed by atoms with Gasteiger partial charge in [-0.25, -0.2) is 9.78 Å². The highest BCUT2D eigenvalue weighted by molar-refractivity contribution is 6.30. The zero-order valence-electron chi connectivity index (χ0n) is 16.7. The fraction of sp³-hybridized carbons (Fsp3) is 0.550. The maximum Gasteiger partial charge on any atom is 0.410 e. The highest BCUT2D eigenvalue weighted by Gasteiger charge is 2.49. The molecular formula is C20H24ClN3O5. The minimum absolute atomic E-state index is 0.207. The summed E-state index contributed by atoms with van der Waals surface area (Å²) in [5.74, 6) is 0.387. The lowest BCUT2D eigenvalue weighted by molar-refractivity contribution is -0.261. The number of amides is 1. The van der Waals surface area contributed by atoms with Gasteiger partial charge in [0.15, 0.2) is 0 Å². The van der Waals surface area contributed by atoms with E-state index in [0.717, 1.165) is 5.39 Å². The van der Waals surface area contributed by atoms with Gasteiger partial charge in [0.25, 0.3) is 0 Å². The first-order valence-corrected chi connectivity index (χ1v) is 9.88. The molecule has 4 heterocycles. The van der Waals surface area contributed by atoms with Gasteiger partial charge >= 0.3 is 6.09 Å². The monoisotopic (exact) mass is 421 g/mol. The molecule has 8 nitrogen and oxygen atoms in total. The van der Waals surface area contributed by atoms with Crippen LogP contribution in [0.25, 0.3) is 10.9 Å². The molecule has 29 heavy (non-hydrogen) atoms. The van der Waals surface area contributed by atoms with Crippen LogP contribution in [0.3, 0.4) is 0 Å². The van der Waals surface area contributed by atoms with Gasteiger partial charge in [-0.15, -0.1) is 0 Å². The molecule has 0 unspecified atom stereocenters. The van der Waals surface area contributed by atoms with Crippen molar-refractivity contribution in [3.63, 3.8) is 0 Å². The molecule has 9 heteroatoms. The van der Waals surface area contributed by atoms with Gasteiger partial charge < -0.3 is 23.8 Å². The number of hydrogen-bond donors (Lipinski definition) is 0. The van der Waals surface area contributed by atoms with Crippen molar-refractivity contribution in [1.82, 2.24) is 14.9 Å². The molecule has 0 N–H and O–H groups in total. The fourth-order valence-electron chi connectivity index (χ4n) is 3.43. The average Bonchev–Trinajstić information content (AvgIpc) is 2.63. The van der Waals surface area contributed by atoms with Crippen molar-refractivity contribution in [3.8, 4) is 5.88 Å². The highest BCUT2D eigenvalue weighted by Crippen LogP contribution is 2.31. The Hall–Kier alpha value is -2.16. The highest BCUT2D eigenvalue weighted by atomic mass is 35.5. The number of morpholine rings is 1. The van der Waals surface area contributed by atoms with Crippen LogP contribution in [-0.4, -0.2) is 71.2 Å². The topological polar surface area (TPSA) is 83.0 Å². The SMILES string of the molecule is CC(C)(C)OC(=O)N1C[C@@H](COc2nc(Cl)cc3ncccc23)OC2(COC2)C1. The van der Waals surface area contributed by atoms with E-state index in [0.29, 0.717) is 42.9 Å². The van der Waals surface area contributed by atoms with Gasteiger partial charge in [0.05, 0.1) is 37.2 Å². The summed E-state index contributed by atoms with van der Waals surface area (Å²) in [4.78, 5) is 22.8. The third-order valence-corrected chi connectivity index (χ3v) is 4.83. The molecule has 2 fully saturated rings. The van der Waals surface area contributed by atoms with E-state index in [1.54, 1.807) is 17.2 Å². The number of rotatable bonds is 3. The molecule has 0 saturated carbocycles. The van der Waals surface area contributed by atoms with Gasteiger partial charge in [0.1, 0.15) is 29.1 Å². The number of pyridine rings is 2. The van der Waals surface area contributed by atoms with Crippen LogP contribution in [0.4, 0.5) is 4.79 Å². The summed E-state index contributed by atoms with van der Waals surface area (Å²) in [5, 5.41) is 1.06. The Morgan fingerprint density at radius 3 is 2.90 bits per heavy atom. The standard InChI is InChI=1S/C20H24ClN3O5/c1-19(2,3)29-18(25)24-8-13(28-20(10-24)11-26-12-20)9-27-17-14-5-4-6-22-15(14)7-16(21)23-17/h4-7,13H,8-12H2,1-3H3/t13-/m0/s1. The lowest BCUT2D eigenvalue weighted by atomic mass is 9.98. The van der Waals surface area contributed by atoms with Crippen LogP contribution in [0, 0.1) is 0 Å². The van der Waals surface area contributed by atoms with E-state index in [2.05, 4.69) is 9.97 Å². The number of ether oxygens (including phenoxy) is 4. The molecule has 0 aliphatic carbocycles. The molecule has 2 saturated heterocycles. The summed E-state index contributed by atoms with van der Waals surface area (Å²) < 4.78 is 23.0. The van der Waals surface area contributed by atoms with Crippen molar-refractivity contribution in [2.45, 2.75) is 38.1 Å². The van der Waals surface area contributed by atoms with Crippen molar-refractivity contribution in [1.29, 1.82) is 0 Å².